The van der Waals surface area contributed by atoms with Gasteiger partial charge in [0.25, 0.3) is 0 Å². The molecular weight excluding hydrogens is 282 g/mol. The molecule has 1 aliphatic heterocycles. The van der Waals surface area contributed by atoms with E-state index in [0.29, 0.717) is 0 Å². The summed E-state index contributed by atoms with van der Waals surface area (Å²) in [6, 6.07) is 20.7. The zero-order valence-corrected chi connectivity index (χ0v) is 12.9. The van der Waals surface area contributed by atoms with E-state index in [9.17, 15) is 0 Å². The van der Waals surface area contributed by atoms with Crippen molar-refractivity contribution in [3.8, 4) is 0 Å². The first kappa shape index (κ1) is 13.7. The van der Waals surface area contributed by atoms with Crippen LogP contribution in [0.3, 0.4) is 0 Å². The highest BCUT2D eigenvalue weighted by Gasteiger charge is 2.22. The SMILES string of the molecule is Cc1ccccc1C1N=c2ccccc2=CN1c1cccnc1. The van der Waals surface area contributed by atoms with Gasteiger partial charge in [0.05, 0.1) is 17.2 Å². The molecule has 1 aromatic heterocycles. The highest BCUT2D eigenvalue weighted by molar-refractivity contribution is 5.60. The Morgan fingerprint density at radius 1 is 0.913 bits per heavy atom. The third kappa shape index (κ3) is 2.50. The molecule has 2 aromatic carbocycles. The van der Waals surface area contributed by atoms with Gasteiger partial charge in [-0.1, -0.05) is 42.5 Å². The minimum Gasteiger partial charge on any atom is -0.319 e. The molecule has 0 bridgehead atoms. The molecule has 1 unspecified atom stereocenters. The summed E-state index contributed by atoms with van der Waals surface area (Å²) in [5, 5.41) is 2.15. The number of nitrogens with zero attached hydrogens (tertiary/aromatic N) is 3. The first-order valence-corrected chi connectivity index (χ1v) is 7.71. The number of pyridine rings is 1. The van der Waals surface area contributed by atoms with Crippen LogP contribution < -0.4 is 15.5 Å². The molecule has 112 valence electrons. The van der Waals surface area contributed by atoms with Crippen LogP contribution in [0.25, 0.3) is 6.20 Å². The van der Waals surface area contributed by atoms with E-state index >= 15 is 0 Å². The maximum Gasteiger partial charge on any atom is 0.151 e. The Morgan fingerprint density at radius 3 is 2.57 bits per heavy atom. The van der Waals surface area contributed by atoms with Gasteiger partial charge in [-0.3, -0.25) is 9.98 Å². The molecule has 4 rings (SSSR count). The normalized spacial score (nSPS) is 16.2. The summed E-state index contributed by atoms with van der Waals surface area (Å²) in [5.74, 6) is 0. The molecule has 1 atom stereocenters. The minimum absolute atomic E-state index is 0.0738. The van der Waals surface area contributed by atoms with Crippen LogP contribution in [0.5, 0.6) is 0 Å². The predicted octanol–water partition coefficient (Wildman–Crippen LogP) is 2.97. The van der Waals surface area contributed by atoms with E-state index in [0.717, 1.165) is 16.3 Å². The third-order valence-corrected chi connectivity index (χ3v) is 4.15. The lowest BCUT2D eigenvalue weighted by Gasteiger charge is -2.31. The summed E-state index contributed by atoms with van der Waals surface area (Å²) < 4.78 is 0. The molecule has 1 aliphatic rings. The Bertz CT molecular complexity index is 948. The number of fused-ring (bicyclic) bond motifs is 1. The van der Waals surface area contributed by atoms with Crippen molar-refractivity contribution in [2.45, 2.75) is 13.1 Å². The molecule has 2 heterocycles. The van der Waals surface area contributed by atoms with Crippen molar-refractivity contribution in [3.63, 3.8) is 0 Å². The molecule has 0 aliphatic carbocycles. The standard InChI is InChI=1S/C20H17N3/c1-15-7-2-4-10-18(15)20-22-19-11-5-3-8-16(19)14-23(20)17-9-6-12-21-13-17/h2-14,20H,1H3. The fourth-order valence-corrected chi connectivity index (χ4v) is 2.95. The second kappa shape index (κ2) is 5.69. The van der Waals surface area contributed by atoms with E-state index in [1.165, 1.54) is 11.1 Å². The maximum absolute atomic E-state index is 5.00. The summed E-state index contributed by atoms with van der Waals surface area (Å²) in [6.07, 6.45) is 5.76. The smallest absolute Gasteiger partial charge is 0.151 e. The highest BCUT2D eigenvalue weighted by atomic mass is 15.2. The number of para-hydroxylation sites is 1. The fraction of sp³-hybridized carbons (Fsp3) is 0.100. The summed E-state index contributed by atoms with van der Waals surface area (Å²) in [4.78, 5) is 11.5. The van der Waals surface area contributed by atoms with Crippen molar-refractivity contribution >= 4 is 11.9 Å². The van der Waals surface area contributed by atoms with Crippen molar-refractivity contribution in [1.82, 2.24) is 4.98 Å². The van der Waals surface area contributed by atoms with Crippen LogP contribution in [0.4, 0.5) is 5.69 Å². The number of rotatable bonds is 2. The summed E-state index contributed by atoms with van der Waals surface area (Å²) in [6.45, 7) is 2.13. The molecule has 0 saturated heterocycles. The number of aryl methyl sites for hydroxylation is 1. The Labute approximate surface area is 135 Å². The third-order valence-electron chi connectivity index (χ3n) is 4.15. The van der Waals surface area contributed by atoms with E-state index in [2.05, 4.69) is 65.5 Å². The van der Waals surface area contributed by atoms with E-state index < -0.39 is 0 Å². The summed E-state index contributed by atoms with van der Waals surface area (Å²) in [7, 11) is 0. The van der Waals surface area contributed by atoms with Crippen molar-refractivity contribution in [2.75, 3.05) is 4.90 Å². The number of aromatic nitrogens is 1. The molecule has 3 aromatic rings. The van der Waals surface area contributed by atoms with E-state index in [4.69, 9.17) is 4.99 Å². The lowest BCUT2D eigenvalue weighted by molar-refractivity contribution is 0.708. The molecule has 0 saturated carbocycles. The molecule has 0 radical (unpaired) electrons. The maximum atomic E-state index is 5.00. The number of anilines is 1. The van der Waals surface area contributed by atoms with Crippen LogP contribution in [0.2, 0.25) is 0 Å². The Kier molecular flexibility index (Phi) is 3.39. The van der Waals surface area contributed by atoms with E-state index in [1.807, 2.05) is 24.4 Å². The van der Waals surface area contributed by atoms with E-state index in [1.54, 1.807) is 6.20 Å². The molecular formula is C20H17N3. The van der Waals surface area contributed by atoms with Gasteiger partial charge in [0, 0.05) is 17.6 Å². The van der Waals surface area contributed by atoms with Crippen molar-refractivity contribution in [2.24, 2.45) is 4.99 Å². The lowest BCUT2D eigenvalue weighted by atomic mass is 10.0. The van der Waals surface area contributed by atoms with Crippen LogP contribution in [-0.4, -0.2) is 4.98 Å². The van der Waals surface area contributed by atoms with Gasteiger partial charge in [-0.15, -0.1) is 0 Å². The van der Waals surface area contributed by atoms with Crippen LogP contribution in [-0.2, 0) is 0 Å². The average molecular weight is 299 g/mol. The molecule has 3 nitrogen and oxygen atoms in total. The van der Waals surface area contributed by atoms with Gasteiger partial charge >= 0.3 is 0 Å². The zero-order chi connectivity index (χ0) is 15.6. The number of benzene rings is 2. The van der Waals surface area contributed by atoms with Crippen LogP contribution in [0.1, 0.15) is 17.3 Å². The first-order valence-electron chi connectivity index (χ1n) is 7.71. The Hall–Kier alpha value is -2.94. The van der Waals surface area contributed by atoms with Crippen molar-refractivity contribution in [3.05, 3.63) is 94.8 Å². The van der Waals surface area contributed by atoms with Crippen molar-refractivity contribution < 1.29 is 0 Å². The van der Waals surface area contributed by atoms with Gasteiger partial charge in [-0.25, -0.2) is 0 Å². The molecule has 0 amide bonds. The summed E-state index contributed by atoms with van der Waals surface area (Å²) in [5.41, 5.74) is 3.49. The molecule has 3 heteroatoms. The topological polar surface area (TPSA) is 28.5 Å². The Balaban J connectivity index is 1.94. The van der Waals surface area contributed by atoms with E-state index in [-0.39, 0.29) is 6.17 Å². The molecule has 0 fully saturated rings. The second-order valence-electron chi connectivity index (χ2n) is 5.67. The number of hydrogen-bond acceptors (Lipinski definition) is 3. The zero-order valence-electron chi connectivity index (χ0n) is 12.9. The van der Waals surface area contributed by atoms with Gasteiger partial charge < -0.3 is 4.90 Å². The van der Waals surface area contributed by atoms with Gasteiger partial charge in [0.15, 0.2) is 6.17 Å². The van der Waals surface area contributed by atoms with Crippen LogP contribution >= 0.6 is 0 Å². The summed E-state index contributed by atoms with van der Waals surface area (Å²) >= 11 is 0. The minimum atomic E-state index is -0.0738. The molecule has 0 spiro atoms. The predicted molar refractivity (Wildman–Crippen MR) is 92.3 cm³/mol. The number of hydrogen-bond donors (Lipinski definition) is 0. The molecule has 23 heavy (non-hydrogen) atoms. The largest absolute Gasteiger partial charge is 0.319 e. The molecule has 0 N–H and O–H groups in total. The lowest BCUT2D eigenvalue weighted by Crippen LogP contribution is -2.38. The average Bonchev–Trinajstić information content (AvgIpc) is 2.62. The first-order chi connectivity index (χ1) is 11.3. The van der Waals surface area contributed by atoms with Crippen LogP contribution in [0, 0.1) is 6.92 Å². The quantitative estimate of drug-likeness (QED) is 0.728. The highest BCUT2D eigenvalue weighted by Crippen LogP contribution is 2.30. The Morgan fingerprint density at radius 2 is 1.74 bits per heavy atom. The second-order valence-corrected chi connectivity index (χ2v) is 5.67. The van der Waals surface area contributed by atoms with Gasteiger partial charge in [-0.05, 0) is 36.2 Å². The fourth-order valence-electron chi connectivity index (χ4n) is 2.95. The van der Waals surface area contributed by atoms with Gasteiger partial charge in [0.1, 0.15) is 0 Å². The monoisotopic (exact) mass is 299 g/mol. The van der Waals surface area contributed by atoms with Gasteiger partial charge in [0.2, 0.25) is 0 Å². The van der Waals surface area contributed by atoms with Crippen LogP contribution in [0.15, 0.2) is 78.0 Å². The van der Waals surface area contributed by atoms with Crippen molar-refractivity contribution in [1.29, 1.82) is 0 Å². The van der Waals surface area contributed by atoms with Gasteiger partial charge in [-0.2, -0.15) is 0 Å².